The molecule has 1 aliphatic carbocycles. The third-order valence-corrected chi connectivity index (χ3v) is 12.1. The Morgan fingerprint density at radius 2 is 1.05 bits per heavy atom. The maximum absolute atomic E-state index is 5.56. The number of para-hydroxylation sites is 3. The number of nitrogens with zero attached hydrogens (tertiary/aromatic N) is 4. The summed E-state index contributed by atoms with van der Waals surface area (Å²) in [7, 11) is 0. The molecule has 55 heavy (non-hydrogen) atoms. The SMILES string of the molecule is CC1(C)c2ccccc2-c2ccc(-c3nc(-n4c5cc6ccccc6cc5c5cc6c7ccccc7n(-c7ccccc7)c6cc54)nc4ccccc34)cc21. The lowest BCUT2D eigenvalue weighted by Crippen LogP contribution is -2.15. The van der Waals surface area contributed by atoms with Crippen LogP contribution in [0.1, 0.15) is 25.0 Å². The zero-order valence-electron chi connectivity index (χ0n) is 30.5. The van der Waals surface area contributed by atoms with Gasteiger partial charge in [0.2, 0.25) is 5.95 Å². The molecule has 8 aromatic carbocycles. The van der Waals surface area contributed by atoms with Crippen molar-refractivity contribution in [2.24, 2.45) is 0 Å². The summed E-state index contributed by atoms with van der Waals surface area (Å²) in [4.78, 5) is 10.9. The number of rotatable bonds is 3. The minimum absolute atomic E-state index is 0.121. The molecule has 0 aliphatic heterocycles. The second-order valence-electron chi connectivity index (χ2n) is 15.4. The summed E-state index contributed by atoms with van der Waals surface area (Å²) in [6.07, 6.45) is 0. The molecule has 0 saturated heterocycles. The van der Waals surface area contributed by atoms with Crippen LogP contribution in [0.3, 0.4) is 0 Å². The zero-order chi connectivity index (χ0) is 36.4. The van der Waals surface area contributed by atoms with Crippen LogP contribution in [0.5, 0.6) is 0 Å². The lowest BCUT2D eigenvalue weighted by atomic mass is 9.82. The maximum atomic E-state index is 5.56. The van der Waals surface area contributed by atoms with Gasteiger partial charge in [-0.3, -0.25) is 4.57 Å². The molecule has 0 radical (unpaired) electrons. The first-order valence-corrected chi connectivity index (χ1v) is 19.0. The molecule has 3 aromatic heterocycles. The monoisotopic (exact) mass is 702 g/mol. The molecule has 1 aliphatic rings. The molecule has 0 atom stereocenters. The molecule has 0 fully saturated rings. The Morgan fingerprint density at radius 1 is 0.418 bits per heavy atom. The van der Waals surface area contributed by atoms with Crippen LogP contribution in [0.4, 0.5) is 0 Å². The molecule has 0 N–H and O–H groups in total. The Kier molecular flexibility index (Phi) is 6.09. The van der Waals surface area contributed by atoms with Gasteiger partial charge in [-0.25, -0.2) is 9.97 Å². The van der Waals surface area contributed by atoms with Crippen molar-refractivity contribution in [1.29, 1.82) is 0 Å². The molecule has 4 nitrogen and oxygen atoms in total. The van der Waals surface area contributed by atoms with Crippen molar-refractivity contribution >= 4 is 65.3 Å². The minimum atomic E-state index is -0.121. The number of benzene rings is 8. The Hall–Kier alpha value is -7.04. The van der Waals surface area contributed by atoms with Gasteiger partial charge in [0.25, 0.3) is 0 Å². The molecule has 0 unspecified atom stereocenters. The fourth-order valence-electron chi connectivity index (χ4n) is 9.47. The smallest absolute Gasteiger partial charge is 0.235 e. The first-order chi connectivity index (χ1) is 27.0. The highest BCUT2D eigenvalue weighted by Crippen LogP contribution is 2.50. The Morgan fingerprint density at radius 3 is 1.93 bits per heavy atom. The minimum Gasteiger partial charge on any atom is -0.309 e. The average Bonchev–Trinajstić information content (AvgIpc) is 3.80. The van der Waals surface area contributed by atoms with E-state index < -0.39 is 0 Å². The first kappa shape index (κ1) is 30.4. The van der Waals surface area contributed by atoms with E-state index in [1.54, 1.807) is 0 Å². The van der Waals surface area contributed by atoms with E-state index in [2.05, 4.69) is 193 Å². The zero-order valence-corrected chi connectivity index (χ0v) is 30.5. The average molecular weight is 703 g/mol. The molecule has 12 rings (SSSR count). The standard InChI is InChI=1S/C51H34N4/c1-51(2)42-21-11-8-18-35(42)36-25-24-33(27-43(36)51)49-38-20-9-12-22-44(38)52-50(53-49)55-46-28-32-15-7-6-14-31(32)26-39(46)41-29-40-37-19-10-13-23-45(37)54(47(40)30-48(41)55)34-16-4-3-5-17-34/h3-30H,1-2H3. The number of hydrogen-bond donors (Lipinski definition) is 0. The molecule has 3 heterocycles. The lowest BCUT2D eigenvalue weighted by Gasteiger charge is -2.22. The quantitative estimate of drug-likeness (QED) is 0.184. The van der Waals surface area contributed by atoms with Crippen molar-refractivity contribution in [3.8, 4) is 34.0 Å². The van der Waals surface area contributed by atoms with Gasteiger partial charge in [0.05, 0.1) is 33.3 Å². The van der Waals surface area contributed by atoms with E-state index in [0.29, 0.717) is 5.95 Å². The second kappa shape index (κ2) is 11.0. The van der Waals surface area contributed by atoms with Gasteiger partial charge in [-0.2, -0.15) is 0 Å². The Bertz CT molecular complexity index is 3400. The number of hydrogen-bond acceptors (Lipinski definition) is 2. The summed E-state index contributed by atoms with van der Waals surface area (Å²) in [5.74, 6) is 0.661. The van der Waals surface area contributed by atoms with Crippen LogP contribution in [-0.4, -0.2) is 19.1 Å². The van der Waals surface area contributed by atoms with Gasteiger partial charge in [0.15, 0.2) is 0 Å². The van der Waals surface area contributed by atoms with E-state index in [4.69, 9.17) is 9.97 Å². The van der Waals surface area contributed by atoms with E-state index in [1.165, 1.54) is 60.1 Å². The van der Waals surface area contributed by atoms with Gasteiger partial charge in [0, 0.05) is 43.6 Å². The molecule has 0 amide bonds. The fraction of sp³-hybridized carbons (Fsp3) is 0.0588. The van der Waals surface area contributed by atoms with Crippen molar-refractivity contribution in [1.82, 2.24) is 19.1 Å². The van der Waals surface area contributed by atoms with Crippen LogP contribution in [0.15, 0.2) is 170 Å². The van der Waals surface area contributed by atoms with Crippen molar-refractivity contribution in [3.05, 3.63) is 181 Å². The van der Waals surface area contributed by atoms with Crippen LogP contribution in [0.25, 0.3) is 99.3 Å². The van der Waals surface area contributed by atoms with Crippen molar-refractivity contribution in [3.63, 3.8) is 0 Å². The molecule has 0 saturated carbocycles. The van der Waals surface area contributed by atoms with E-state index in [-0.39, 0.29) is 5.41 Å². The van der Waals surface area contributed by atoms with Crippen LogP contribution in [0.2, 0.25) is 0 Å². The third-order valence-electron chi connectivity index (χ3n) is 12.1. The lowest BCUT2D eigenvalue weighted by molar-refractivity contribution is 0.660. The summed E-state index contributed by atoms with van der Waals surface area (Å²) in [6.45, 7) is 4.67. The van der Waals surface area contributed by atoms with Crippen LogP contribution in [-0.2, 0) is 5.41 Å². The fourth-order valence-corrected chi connectivity index (χ4v) is 9.47. The van der Waals surface area contributed by atoms with Crippen LogP contribution < -0.4 is 0 Å². The van der Waals surface area contributed by atoms with Gasteiger partial charge in [0.1, 0.15) is 0 Å². The topological polar surface area (TPSA) is 35.6 Å². The molecule has 4 heteroatoms. The summed E-state index contributed by atoms with van der Waals surface area (Å²) < 4.78 is 4.69. The molecule has 0 spiro atoms. The Labute approximate surface area is 317 Å². The van der Waals surface area contributed by atoms with Crippen molar-refractivity contribution < 1.29 is 0 Å². The van der Waals surface area contributed by atoms with Crippen molar-refractivity contribution in [2.75, 3.05) is 0 Å². The first-order valence-electron chi connectivity index (χ1n) is 19.0. The van der Waals surface area contributed by atoms with Gasteiger partial charge in [-0.1, -0.05) is 129 Å². The van der Waals surface area contributed by atoms with E-state index in [1.807, 2.05) is 0 Å². The highest BCUT2D eigenvalue weighted by atomic mass is 15.2. The summed E-state index contributed by atoms with van der Waals surface area (Å²) in [5.41, 5.74) is 13.8. The molecule has 11 aromatic rings. The van der Waals surface area contributed by atoms with Gasteiger partial charge in [-0.15, -0.1) is 0 Å². The van der Waals surface area contributed by atoms with Crippen molar-refractivity contribution in [2.45, 2.75) is 19.3 Å². The summed E-state index contributed by atoms with van der Waals surface area (Å²) in [5, 5.41) is 8.25. The maximum Gasteiger partial charge on any atom is 0.235 e. The van der Waals surface area contributed by atoms with E-state index >= 15 is 0 Å². The molecule has 0 bridgehead atoms. The largest absolute Gasteiger partial charge is 0.309 e. The molecular weight excluding hydrogens is 669 g/mol. The number of aromatic nitrogens is 4. The Balaban J connectivity index is 1.19. The summed E-state index contributed by atoms with van der Waals surface area (Å²) in [6, 6.07) is 61.6. The summed E-state index contributed by atoms with van der Waals surface area (Å²) >= 11 is 0. The van der Waals surface area contributed by atoms with Gasteiger partial charge in [-0.05, 0) is 87.6 Å². The highest BCUT2D eigenvalue weighted by molar-refractivity contribution is 6.20. The van der Waals surface area contributed by atoms with Gasteiger partial charge >= 0.3 is 0 Å². The molecule has 258 valence electrons. The highest BCUT2D eigenvalue weighted by Gasteiger charge is 2.35. The predicted molar refractivity (Wildman–Crippen MR) is 229 cm³/mol. The van der Waals surface area contributed by atoms with E-state index in [9.17, 15) is 0 Å². The predicted octanol–water partition coefficient (Wildman–Crippen LogP) is 13.0. The molecular formula is C51H34N4. The van der Waals surface area contributed by atoms with E-state index in [0.717, 1.165) is 44.4 Å². The number of fused-ring (bicyclic) bond motifs is 11. The third kappa shape index (κ3) is 4.22. The van der Waals surface area contributed by atoms with Crippen LogP contribution in [0, 0.1) is 0 Å². The van der Waals surface area contributed by atoms with Gasteiger partial charge < -0.3 is 4.57 Å². The normalized spacial score (nSPS) is 13.4. The van der Waals surface area contributed by atoms with Crippen LogP contribution >= 0.6 is 0 Å². The second-order valence-corrected chi connectivity index (χ2v) is 15.4.